The van der Waals surface area contributed by atoms with Crippen LogP contribution in [0, 0.1) is 5.92 Å². The van der Waals surface area contributed by atoms with Crippen LogP contribution in [0.4, 0.5) is 0 Å². The standard InChI is InChI=1S/C11H21N3O2/c1-2-3-4-9(10(12)15)11(16)14-7-5-13-6-8-14/h9,13H,2-8H2,1H3,(H2,12,15). The molecular formula is C11H21N3O2. The minimum absolute atomic E-state index is 0.0950. The van der Waals surface area contributed by atoms with Gasteiger partial charge in [0, 0.05) is 26.2 Å². The van der Waals surface area contributed by atoms with Gasteiger partial charge in [-0.3, -0.25) is 9.59 Å². The van der Waals surface area contributed by atoms with Crippen LogP contribution < -0.4 is 11.1 Å². The van der Waals surface area contributed by atoms with E-state index in [2.05, 4.69) is 5.32 Å². The minimum atomic E-state index is -0.627. The fraction of sp³-hybridized carbons (Fsp3) is 0.818. The molecule has 0 spiro atoms. The summed E-state index contributed by atoms with van der Waals surface area (Å²) in [6.45, 7) is 4.98. The maximum atomic E-state index is 12.0. The number of nitrogens with zero attached hydrogens (tertiary/aromatic N) is 1. The fourth-order valence-corrected chi connectivity index (χ4v) is 1.90. The second kappa shape index (κ2) is 6.48. The molecule has 0 aliphatic carbocycles. The van der Waals surface area contributed by atoms with Crippen LogP contribution >= 0.6 is 0 Å². The minimum Gasteiger partial charge on any atom is -0.369 e. The van der Waals surface area contributed by atoms with Crippen LogP contribution in [-0.4, -0.2) is 42.9 Å². The summed E-state index contributed by atoms with van der Waals surface area (Å²) >= 11 is 0. The van der Waals surface area contributed by atoms with E-state index >= 15 is 0 Å². The molecule has 3 N–H and O–H groups in total. The second-order valence-corrected chi connectivity index (χ2v) is 4.17. The molecule has 1 rings (SSSR count). The predicted molar refractivity (Wildman–Crippen MR) is 61.7 cm³/mol. The maximum absolute atomic E-state index is 12.0. The Hall–Kier alpha value is -1.10. The fourth-order valence-electron chi connectivity index (χ4n) is 1.90. The molecule has 1 unspecified atom stereocenters. The summed E-state index contributed by atoms with van der Waals surface area (Å²) in [5.74, 6) is -1.21. The third-order valence-electron chi connectivity index (χ3n) is 2.92. The van der Waals surface area contributed by atoms with Gasteiger partial charge in [-0.15, -0.1) is 0 Å². The monoisotopic (exact) mass is 227 g/mol. The van der Waals surface area contributed by atoms with Crippen molar-refractivity contribution in [3.8, 4) is 0 Å². The van der Waals surface area contributed by atoms with Gasteiger partial charge in [0.25, 0.3) is 0 Å². The molecule has 0 aromatic heterocycles. The third kappa shape index (κ3) is 3.48. The summed E-state index contributed by atoms with van der Waals surface area (Å²) in [6.07, 6.45) is 2.42. The summed E-state index contributed by atoms with van der Waals surface area (Å²) in [5, 5.41) is 3.17. The average Bonchev–Trinajstić information content (AvgIpc) is 2.30. The zero-order valence-electron chi connectivity index (χ0n) is 9.87. The van der Waals surface area contributed by atoms with E-state index in [9.17, 15) is 9.59 Å². The number of carbonyl (C=O) groups is 2. The first kappa shape index (κ1) is 13.0. The van der Waals surface area contributed by atoms with Crippen molar-refractivity contribution >= 4 is 11.8 Å². The number of nitrogens with two attached hydrogens (primary N) is 1. The van der Waals surface area contributed by atoms with Crippen LogP contribution in [0.15, 0.2) is 0 Å². The van der Waals surface area contributed by atoms with E-state index in [4.69, 9.17) is 5.73 Å². The highest BCUT2D eigenvalue weighted by atomic mass is 16.2. The molecule has 0 aromatic carbocycles. The first-order valence-electron chi connectivity index (χ1n) is 5.95. The Bertz CT molecular complexity index is 250. The van der Waals surface area contributed by atoms with E-state index in [-0.39, 0.29) is 5.91 Å². The molecule has 1 saturated heterocycles. The smallest absolute Gasteiger partial charge is 0.235 e. The molecule has 1 aliphatic heterocycles. The summed E-state index contributed by atoms with van der Waals surface area (Å²) in [6, 6.07) is 0. The van der Waals surface area contributed by atoms with E-state index in [0.29, 0.717) is 19.5 Å². The van der Waals surface area contributed by atoms with Crippen molar-refractivity contribution in [2.24, 2.45) is 11.7 Å². The molecule has 0 radical (unpaired) electrons. The predicted octanol–water partition coefficient (Wildman–Crippen LogP) is -0.290. The van der Waals surface area contributed by atoms with Gasteiger partial charge in [-0.25, -0.2) is 0 Å². The molecule has 16 heavy (non-hydrogen) atoms. The highest BCUT2D eigenvalue weighted by Crippen LogP contribution is 2.12. The molecular weight excluding hydrogens is 206 g/mol. The normalized spacial score (nSPS) is 18.2. The molecule has 0 bridgehead atoms. The van der Waals surface area contributed by atoms with E-state index in [0.717, 1.165) is 25.9 Å². The Morgan fingerprint density at radius 3 is 2.50 bits per heavy atom. The van der Waals surface area contributed by atoms with Crippen molar-refractivity contribution in [1.82, 2.24) is 10.2 Å². The SMILES string of the molecule is CCCCC(C(N)=O)C(=O)N1CCNCC1. The van der Waals surface area contributed by atoms with Crippen LogP contribution in [0.3, 0.4) is 0 Å². The van der Waals surface area contributed by atoms with Gasteiger partial charge in [-0.1, -0.05) is 19.8 Å². The van der Waals surface area contributed by atoms with Crippen LogP contribution in [0.5, 0.6) is 0 Å². The molecule has 5 heteroatoms. The lowest BCUT2D eigenvalue weighted by molar-refractivity contribution is -0.141. The number of nitrogens with one attached hydrogen (secondary N) is 1. The summed E-state index contributed by atoms with van der Waals surface area (Å²) in [4.78, 5) is 25.0. The topological polar surface area (TPSA) is 75.4 Å². The van der Waals surface area contributed by atoms with E-state index in [1.54, 1.807) is 4.90 Å². The van der Waals surface area contributed by atoms with E-state index in [1.165, 1.54) is 0 Å². The lowest BCUT2D eigenvalue weighted by atomic mass is 9.99. The number of unbranched alkanes of at least 4 members (excludes halogenated alkanes) is 1. The number of carbonyl (C=O) groups excluding carboxylic acids is 2. The largest absolute Gasteiger partial charge is 0.369 e. The van der Waals surface area contributed by atoms with Crippen LogP contribution in [-0.2, 0) is 9.59 Å². The number of piperazine rings is 1. The summed E-state index contributed by atoms with van der Waals surface area (Å²) < 4.78 is 0. The summed E-state index contributed by atoms with van der Waals surface area (Å²) in [5.41, 5.74) is 5.28. The van der Waals surface area contributed by atoms with Crippen LogP contribution in [0.1, 0.15) is 26.2 Å². The highest BCUT2D eigenvalue weighted by molar-refractivity contribution is 5.99. The first-order valence-corrected chi connectivity index (χ1v) is 5.95. The average molecular weight is 227 g/mol. The molecule has 92 valence electrons. The first-order chi connectivity index (χ1) is 7.66. The Kier molecular flexibility index (Phi) is 5.25. The molecule has 1 heterocycles. The molecule has 5 nitrogen and oxygen atoms in total. The molecule has 0 saturated carbocycles. The quantitative estimate of drug-likeness (QED) is 0.634. The van der Waals surface area contributed by atoms with Crippen molar-refractivity contribution in [2.75, 3.05) is 26.2 Å². The Morgan fingerprint density at radius 2 is 2.00 bits per heavy atom. The van der Waals surface area contributed by atoms with Crippen molar-refractivity contribution in [3.05, 3.63) is 0 Å². The lowest BCUT2D eigenvalue weighted by Gasteiger charge is -2.30. The highest BCUT2D eigenvalue weighted by Gasteiger charge is 2.28. The third-order valence-corrected chi connectivity index (χ3v) is 2.92. The van der Waals surface area contributed by atoms with E-state index < -0.39 is 11.8 Å². The van der Waals surface area contributed by atoms with Gasteiger partial charge in [0.2, 0.25) is 11.8 Å². The van der Waals surface area contributed by atoms with Crippen molar-refractivity contribution in [1.29, 1.82) is 0 Å². The van der Waals surface area contributed by atoms with Gasteiger partial charge >= 0.3 is 0 Å². The zero-order valence-corrected chi connectivity index (χ0v) is 9.87. The molecule has 1 atom stereocenters. The molecule has 0 aromatic rings. The van der Waals surface area contributed by atoms with Crippen LogP contribution in [0.25, 0.3) is 0 Å². The number of amides is 2. The van der Waals surface area contributed by atoms with E-state index in [1.807, 2.05) is 6.92 Å². The Balaban J connectivity index is 2.54. The number of hydrogen-bond acceptors (Lipinski definition) is 3. The molecule has 2 amide bonds. The Morgan fingerprint density at radius 1 is 1.38 bits per heavy atom. The van der Waals surface area contributed by atoms with Gasteiger partial charge in [-0.05, 0) is 6.42 Å². The zero-order chi connectivity index (χ0) is 12.0. The maximum Gasteiger partial charge on any atom is 0.235 e. The number of hydrogen-bond donors (Lipinski definition) is 2. The van der Waals surface area contributed by atoms with Crippen molar-refractivity contribution < 1.29 is 9.59 Å². The van der Waals surface area contributed by atoms with Crippen molar-refractivity contribution in [3.63, 3.8) is 0 Å². The summed E-state index contributed by atoms with van der Waals surface area (Å²) in [7, 11) is 0. The van der Waals surface area contributed by atoms with Gasteiger partial charge in [0.1, 0.15) is 5.92 Å². The van der Waals surface area contributed by atoms with Crippen LogP contribution in [0.2, 0.25) is 0 Å². The van der Waals surface area contributed by atoms with Gasteiger partial charge in [0.15, 0.2) is 0 Å². The second-order valence-electron chi connectivity index (χ2n) is 4.17. The number of rotatable bonds is 5. The molecule has 1 fully saturated rings. The lowest BCUT2D eigenvalue weighted by Crippen LogP contribution is -2.50. The van der Waals surface area contributed by atoms with Gasteiger partial charge in [0.05, 0.1) is 0 Å². The molecule has 1 aliphatic rings. The van der Waals surface area contributed by atoms with Crippen molar-refractivity contribution in [2.45, 2.75) is 26.2 Å². The van der Waals surface area contributed by atoms with Gasteiger partial charge in [-0.2, -0.15) is 0 Å². The van der Waals surface area contributed by atoms with Gasteiger partial charge < -0.3 is 16.0 Å². The Labute approximate surface area is 96.4 Å². The number of primary amides is 1.